The summed E-state index contributed by atoms with van der Waals surface area (Å²) in [6.45, 7) is 0.950. The maximum atomic E-state index is 12.3. The van der Waals surface area contributed by atoms with Gasteiger partial charge < -0.3 is 15.6 Å². The molecule has 0 aliphatic rings. The fraction of sp³-hybridized carbons (Fsp3) is 0.286. The molecule has 5 nitrogen and oxygen atoms in total. The molecule has 1 amide bonds. The van der Waals surface area contributed by atoms with Crippen molar-refractivity contribution in [1.82, 2.24) is 9.88 Å². The van der Waals surface area contributed by atoms with E-state index in [-0.39, 0.29) is 16.9 Å². The predicted octanol–water partition coefficient (Wildman–Crippen LogP) is 1.27. The minimum Gasteiger partial charge on any atom is -0.352 e. The lowest BCUT2D eigenvalue weighted by Gasteiger charge is -2.09. The number of nitrogens with two attached hydrogens (primary N) is 1. The fourth-order valence-corrected chi connectivity index (χ4v) is 2.18. The molecule has 0 fully saturated rings. The molecule has 0 saturated carbocycles. The Labute approximate surface area is 121 Å². The van der Waals surface area contributed by atoms with Crippen molar-refractivity contribution in [3.63, 3.8) is 0 Å². The number of nitrogens with zero attached hydrogens (tertiary/aromatic N) is 1. The molecular formula is C14H16ClN3O2. The standard InChI is InChI=1S/C14H16ClN3O2/c1-18-8-11(14(20)17-6-2-5-16)13(19)10-4-3-9(15)7-12(10)18/h3-4,7-8H,2,5-6,16H2,1H3,(H,17,20). The summed E-state index contributed by atoms with van der Waals surface area (Å²) >= 11 is 5.92. The second-order valence-corrected chi connectivity index (χ2v) is 4.98. The van der Waals surface area contributed by atoms with Crippen LogP contribution in [0.4, 0.5) is 0 Å². The average Bonchev–Trinajstić information content (AvgIpc) is 2.42. The maximum absolute atomic E-state index is 12.3. The minimum absolute atomic E-state index is 0.124. The van der Waals surface area contributed by atoms with Gasteiger partial charge in [-0.2, -0.15) is 0 Å². The lowest BCUT2D eigenvalue weighted by Crippen LogP contribution is -2.31. The van der Waals surface area contributed by atoms with E-state index in [0.717, 1.165) is 0 Å². The Hall–Kier alpha value is -1.85. The number of fused-ring (bicyclic) bond motifs is 1. The van der Waals surface area contributed by atoms with Gasteiger partial charge in [0.2, 0.25) is 5.43 Å². The number of hydrogen-bond donors (Lipinski definition) is 2. The van der Waals surface area contributed by atoms with Crippen molar-refractivity contribution < 1.29 is 4.79 Å². The molecule has 0 radical (unpaired) electrons. The molecule has 0 spiro atoms. The van der Waals surface area contributed by atoms with Crippen LogP contribution in [-0.4, -0.2) is 23.6 Å². The Bertz CT molecular complexity index is 709. The highest BCUT2D eigenvalue weighted by Gasteiger charge is 2.14. The van der Waals surface area contributed by atoms with Crippen LogP contribution in [0.3, 0.4) is 0 Å². The summed E-state index contributed by atoms with van der Waals surface area (Å²) < 4.78 is 1.72. The zero-order valence-electron chi connectivity index (χ0n) is 11.1. The normalized spacial score (nSPS) is 10.8. The highest BCUT2D eigenvalue weighted by atomic mass is 35.5. The van der Waals surface area contributed by atoms with E-state index in [1.165, 1.54) is 6.20 Å². The summed E-state index contributed by atoms with van der Waals surface area (Å²) in [5.41, 5.74) is 5.89. The molecule has 20 heavy (non-hydrogen) atoms. The number of halogens is 1. The third kappa shape index (κ3) is 2.84. The molecule has 6 heteroatoms. The Balaban J connectivity index is 2.46. The number of nitrogens with one attached hydrogen (secondary N) is 1. The van der Waals surface area contributed by atoms with Crippen LogP contribution in [0.5, 0.6) is 0 Å². The predicted molar refractivity (Wildman–Crippen MR) is 80.2 cm³/mol. The SMILES string of the molecule is Cn1cc(C(=O)NCCCN)c(=O)c2ccc(Cl)cc21. The number of aromatic nitrogens is 1. The zero-order valence-corrected chi connectivity index (χ0v) is 11.9. The van der Waals surface area contributed by atoms with E-state index in [4.69, 9.17) is 17.3 Å². The Morgan fingerprint density at radius 1 is 1.45 bits per heavy atom. The van der Waals surface area contributed by atoms with Crippen LogP contribution in [0.1, 0.15) is 16.8 Å². The molecule has 0 bridgehead atoms. The number of aryl methyl sites for hydroxylation is 1. The summed E-state index contributed by atoms with van der Waals surface area (Å²) in [5.74, 6) is -0.379. The lowest BCUT2D eigenvalue weighted by atomic mass is 10.1. The van der Waals surface area contributed by atoms with E-state index >= 15 is 0 Å². The second kappa shape index (κ2) is 6.07. The molecule has 0 unspecified atom stereocenters. The van der Waals surface area contributed by atoms with Gasteiger partial charge in [-0.15, -0.1) is 0 Å². The number of benzene rings is 1. The van der Waals surface area contributed by atoms with E-state index in [9.17, 15) is 9.59 Å². The van der Waals surface area contributed by atoms with Gasteiger partial charge in [0.1, 0.15) is 5.56 Å². The van der Waals surface area contributed by atoms with Crippen LogP contribution in [-0.2, 0) is 7.05 Å². The van der Waals surface area contributed by atoms with Gasteiger partial charge in [0.05, 0.1) is 5.52 Å². The van der Waals surface area contributed by atoms with Gasteiger partial charge >= 0.3 is 0 Å². The molecule has 1 aromatic carbocycles. The fourth-order valence-electron chi connectivity index (χ4n) is 2.02. The molecule has 0 atom stereocenters. The lowest BCUT2D eigenvalue weighted by molar-refractivity contribution is 0.0952. The third-order valence-corrected chi connectivity index (χ3v) is 3.30. The maximum Gasteiger partial charge on any atom is 0.256 e. The van der Waals surface area contributed by atoms with Crippen LogP contribution in [0.2, 0.25) is 5.02 Å². The van der Waals surface area contributed by atoms with E-state index < -0.39 is 0 Å². The van der Waals surface area contributed by atoms with Gasteiger partial charge in [-0.05, 0) is 31.2 Å². The number of rotatable bonds is 4. The van der Waals surface area contributed by atoms with Crippen molar-refractivity contribution in [2.45, 2.75) is 6.42 Å². The molecule has 106 valence electrons. The number of amides is 1. The van der Waals surface area contributed by atoms with Gasteiger partial charge in [-0.3, -0.25) is 9.59 Å². The van der Waals surface area contributed by atoms with E-state index in [0.29, 0.717) is 35.4 Å². The topological polar surface area (TPSA) is 77.1 Å². The number of pyridine rings is 1. The smallest absolute Gasteiger partial charge is 0.256 e. The van der Waals surface area contributed by atoms with Crippen LogP contribution >= 0.6 is 11.6 Å². The van der Waals surface area contributed by atoms with Crippen LogP contribution in [0.25, 0.3) is 10.9 Å². The summed E-state index contributed by atoms with van der Waals surface area (Å²) in [6.07, 6.45) is 2.20. The number of carbonyl (C=O) groups excluding carboxylic acids is 1. The van der Waals surface area contributed by atoms with Crippen molar-refractivity contribution in [3.8, 4) is 0 Å². The Morgan fingerprint density at radius 3 is 2.90 bits per heavy atom. The zero-order chi connectivity index (χ0) is 14.7. The quantitative estimate of drug-likeness (QED) is 0.834. The first-order chi connectivity index (χ1) is 9.54. The van der Waals surface area contributed by atoms with Crippen LogP contribution in [0, 0.1) is 0 Å². The van der Waals surface area contributed by atoms with Gasteiger partial charge in [-0.1, -0.05) is 11.6 Å². The molecule has 2 aromatic rings. The molecule has 1 aromatic heterocycles. The van der Waals surface area contributed by atoms with E-state index in [1.54, 1.807) is 29.8 Å². The van der Waals surface area contributed by atoms with Crippen molar-refractivity contribution in [3.05, 3.63) is 45.2 Å². The Morgan fingerprint density at radius 2 is 2.20 bits per heavy atom. The monoisotopic (exact) mass is 293 g/mol. The third-order valence-electron chi connectivity index (χ3n) is 3.06. The largest absolute Gasteiger partial charge is 0.352 e. The van der Waals surface area contributed by atoms with Crippen molar-refractivity contribution in [1.29, 1.82) is 0 Å². The first-order valence-corrected chi connectivity index (χ1v) is 6.69. The average molecular weight is 294 g/mol. The molecule has 0 aliphatic carbocycles. The summed E-state index contributed by atoms with van der Waals surface area (Å²) in [5, 5.41) is 3.71. The van der Waals surface area contributed by atoms with E-state index in [1.807, 2.05) is 0 Å². The minimum atomic E-state index is -0.379. The van der Waals surface area contributed by atoms with Gasteiger partial charge in [0, 0.05) is 30.2 Å². The molecular weight excluding hydrogens is 278 g/mol. The highest BCUT2D eigenvalue weighted by molar-refractivity contribution is 6.31. The number of hydrogen-bond acceptors (Lipinski definition) is 3. The highest BCUT2D eigenvalue weighted by Crippen LogP contribution is 2.16. The van der Waals surface area contributed by atoms with Crippen LogP contribution in [0.15, 0.2) is 29.2 Å². The van der Waals surface area contributed by atoms with Gasteiger partial charge in [-0.25, -0.2) is 0 Å². The second-order valence-electron chi connectivity index (χ2n) is 4.54. The summed E-state index contributed by atoms with van der Waals surface area (Å²) in [7, 11) is 1.77. The molecule has 0 aliphatic heterocycles. The molecule has 1 heterocycles. The van der Waals surface area contributed by atoms with Gasteiger partial charge in [0.25, 0.3) is 5.91 Å². The van der Waals surface area contributed by atoms with Crippen molar-refractivity contribution in [2.75, 3.05) is 13.1 Å². The first-order valence-electron chi connectivity index (χ1n) is 6.31. The summed E-state index contributed by atoms with van der Waals surface area (Å²) in [4.78, 5) is 24.3. The summed E-state index contributed by atoms with van der Waals surface area (Å²) in [6, 6.07) is 4.98. The van der Waals surface area contributed by atoms with Crippen LogP contribution < -0.4 is 16.5 Å². The Kier molecular flexibility index (Phi) is 4.42. The number of carbonyl (C=O) groups is 1. The van der Waals surface area contributed by atoms with Crippen molar-refractivity contribution in [2.24, 2.45) is 12.8 Å². The van der Waals surface area contributed by atoms with Crippen molar-refractivity contribution >= 4 is 28.4 Å². The van der Waals surface area contributed by atoms with Gasteiger partial charge in [0.15, 0.2) is 0 Å². The molecule has 2 rings (SSSR count). The van der Waals surface area contributed by atoms with E-state index in [2.05, 4.69) is 5.32 Å². The first kappa shape index (κ1) is 14.6. The molecule has 3 N–H and O–H groups in total. The molecule has 0 saturated heterocycles.